The van der Waals surface area contributed by atoms with E-state index >= 15 is 0 Å². The molecule has 0 aliphatic carbocycles. The summed E-state index contributed by atoms with van der Waals surface area (Å²) in [6.07, 6.45) is 3.61. The summed E-state index contributed by atoms with van der Waals surface area (Å²) in [7, 11) is 1.66. The van der Waals surface area contributed by atoms with Gasteiger partial charge in [0, 0.05) is 37.4 Å². The molecule has 0 saturated carbocycles. The molecule has 0 saturated heterocycles. The van der Waals surface area contributed by atoms with E-state index in [2.05, 4.69) is 16.0 Å². The maximum Gasteiger partial charge on any atom is 0.119 e. The Morgan fingerprint density at radius 1 is 1.12 bits per heavy atom. The second kappa shape index (κ2) is 7.86. The molecule has 1 N–H and O–H groups in total. The van der Waals surface area contributed by atoms with Crippen molar-refractivity contribution >= 4 is 10.9 Å². The summed E-state index contributed by atoms with van der Waals surface area (Å²) in [5, 5.41) is 10.4. The van der Waals surface area contributed by atoms with Crippen LogP contribution < -0.4 is 4.74 Å². The van der Waals surface area contributed by atoms with Crippen LogP contribution in [0.25, 0.3) is 10.9 Å². The van der Waals surface area contributed by atoms with E-state index in [1.54, 1.807) is 13.3 Å². The summed E-state index contributed by atoms with van der Waals surface area (Å²) < 4.78 is 5.25. The Labute approximate surface area is 141 Å². The number of aromatic nitrogens is 2. The average molecular weight is 323 g/mol. The largest absolute Gasteiger partial charge is 0.497 e. The Hall–Kier alpha value is -2.50. The molecule has 3 aromatic rings. The molecule has 1 aromatic carbocycles. The summed E-state index contributed by atoms with van der Waals surface area (Å²) in [5.41, 5.74) is 3.04. The fraction of sp³-hybridized carbons (Fsp3) is 0.263. The van der Waals surface area contributed by atoms with Gasteiger partial charge in [0.05, 0.1) is 24.9 Å². The lowest BCUT2D eigenvalue weighted by molar-refractivity contribution is 0.183. The van der Waals surface area contributed by atoms with E-state index in [1.165, 1.54) is 0 Å². The highest BCUT2D eigenvalue weighted by Gasteiger charge is 2.09. The number of hydrogen-bond acceptors (Lipinski definition) is 5. The maximum absolute atomic E-state index is 9.33. The van der Waals surface area contributed by atoms with Crippen molar-refractivity contribution in [1.29, 1.82) is 0 Å². The Balaban J connectivity index is 1.77. The van der Waals surface area contributed by atoms with E-state index in [1.807, 2.05) is 42.6 Å². The van der Waals surface area contributed by atoms with Crippen LogP contribution in [0.2, 0.25) is 0 Å². The lowest BCUT2D eigenvalue weighted by Crippen LogP contribution is -2.26. The quantitative estimate of drug-likeness (QED) is 0.724. The minimum Gasteiger partial charge on any atom is -0.497 e. The van der Waals surface area contributed by atoms with Crippen molar-refractivity contribution < 1.29 is 9.84 Å². The molecule has 5 heteroatoms. The molecule has 5 nitrogen and oxygen atoms in total. The zero-order valence-corrected chi connectivity index (χ0v) is 13.7. The molecule has 124 valence electrons. The third-order valence-electron chi connectivity index (χ3n) is 3.88. The Kier molecular flexibility index (Phi) is 5.36. The molecule has 0 atom stereocenters. The van der Waals surface area contributed by atoms with Crippen molar-refractivity contribution in [3.63, 3.8) is 0 Å². The second-order valence-electron chi connectivity index (χ2n) is 5.66. The summed E-state index contributed by atoms with van der Waals surface area (Å²) >= 11 is 0. The number of nitrogens with zero attached hydrogens (tertiary/aromatic N) is 3. The molecule has 0 aliphatic rings. The van der Waals surface area contributed by atoms with Crippen LogP contribution in [0, 0.1) is 0 Å². The lowest BCUT2D eigenvalue weighted by atomic mass is 10.2. The normalized spacial score (nSPS) is 11.1. The number of rotatable bonds is 7. The van der Waals surface area contributed by atoms with Gasteiger partial charge in [-0.3, -0.25) is 14.9 Å². The molecule has 24 heavy (non-hydrogen) atoms. The summed E-state index contributed by atoms with van der Waals surface area (Å²) in [5.74, 6) is 0.829. The lowest BCUT2D eigenvalue weighted by Gasteiger charge is -2.21. The first-order valence-corrected chi connectivity index (χ1v) is 7.94. The molecule has 2 heterocycles. The molecule has 0 bridgehead atoms. The highest BCUT2D eigenvalue weighted by atomic mass is 16.5. The minimum absolute atomic E-state index is 0.116. The first-order valence-electron chi connectivity index (χ1n) is 7.94. The van der Waals surface area contributed by atoms with Gasteiger partial charge in [-0.2, -0.15) is 0 Å². The van der Waals surface area contributed by atoms with Crippen LogP contribution >= 0.6 is 0 Å². The van der Waals surface area contributed by atoms with Crippen molar-refractivity contribution in [2.24, 2.45) is 0 Å². The van der Waals surface area contributed by atoms with Crippen LogP contribution in [-0.4, -0.2) is 40.2 Å². The van der Waals surface area contributed by atoms with E-state index in [-0.39, 0.29) is 6.61 Å². The van der Waals surface area contributed by atoms with Gasteiger partial charge in [0.15, 0.2) is 0 Å². The Morgan fingerprint density at radius 2 is 2.04 bits per heavy atom. The monoisotopic (exact) mass is 323 g/mol. The van der Waals surface area contributed by atoms with Crippen molar-refractivity contribution in [1.82, 2.24) is 14.9 Å². The van der Waals surface area contributed by atoms with Gasteiger partial charge >= 0.3 is 0 Å². The predicted octanol–water partition coefficient (Wildman–Crippen LogP) is 2.63. The number of methoxy groups -OCH3 is 1. The smallest absolute Gasteiger partial charge is 0.119 e. The predicted molar refractivity (Wildman–Crippen MR) is 93.7 cm³/mol. The summed E-state index contributed by atoms with van der Waals surface area (Å²) in [6, 6.07) is 13.9. The number of ether oxygens (including phenoxy) is 1. The molecule has 0 aliphatic heterocycles. The standard InChI is InChI=1S/C19H21N3O2/c1-24-18-6-7-19-16(11-18)4-5-17(21-19)14-22(9-10-23)13-15-3-2-8-20-12-15/h2-8,11-12,23H,9-10,13-14H2,1H3. The van der Waals surface area contributed by atoms with Gasteiger partial charge < -0.3 is 9.84 Å². The van der Waals surface area contributed by atoms with Crippen LogP contribution in [-0.2, 0) is 13.1 Å². The third kappa shape index (κ3) is 4.07. The number of aliphatic hydroxyl groups is 1. The zero-order chi connectivity index (χ0) is 16.8. The van der Waals surface area contributed by atoms with E-state index in [4.69, 9.17) is 9.72 Å². The molecule has 0 amide bonds. The Morgan fingerprint density at radius 3 is 2.79 bits per heavy atom. The van der Waals surface area contributed by atoms with E-state index in [9.17, 15) is 5.11 Å². The molecule has 0 fully saturated rings. The number of hydrogen-bond donors (Lipinski definition) is 1. The van der Waals surface area contributed by atoms with E-state index in [0.717, 1.165) is 34.5 Å². The van der Waals surface area contributed by atoms with Crippen molar-refractivity contribution in [3.05, 3.63) is 66.1 Å². The van der Waals surface area contributed by atoms with Gasteiger partial charge in [0.2, 0.25) is 0 Å². The molecular weight excluding hydrogens is 302 g/mol. The second-order valence-corrected chi connectivity index (χ2v) is 5.66. The van der Waals surface area contributed by atoms with Crippen molar-refractivity contribution in [2.45, 2.75) is 13.1 Å². The first kappa shape index (κ1) is 16.4. The van der Waals surface area contributed by atoms with E-state index in [0.29, 0.717) is 13.1 Å². The van der Waals surface area contributed by atoms with Gasteiger partial charge in [0.1, 0.15) is 5.75 Å². The van der Waals surface area contributed by atoms with Crippen LogP contribution in [0.1, 0.15) is 11.3 Å². The molecule has 3 rings (SSSR count). The molecular formula is C19H21N3O2. The van der Waals surface area contributed by atoms with Crippen LogP contribution in [0.5, 0.6) is 5.75 Å². The van der Waals surface area contributed by atoms with Gasteiger partial charge in [-0.15, -0.1) is 0 Å². The number of pyridine rings is 2. The van der Waals surface area contributed by atoms with E-state index < -0.39 is 0 Å². The third-order valence-corrected chi connectivity index (χ3v) is 3.88. The zero-order valence-electron chi connectivity index (χ0n) is 13.7. The molecule has 0 unspecified atom stereocenters. The van der Waals surface area contributed by atoms with Gasteiger partial charge in [-0.05, 0) is 35.9 Å². The molecule has 0 radical (unpaired) electrons. The first-order chi connectivity index (χ1) is 11.8. The molecule has 0 spiro atoms. The topological polar surface area (TPSA) is 58.5 Å². The molecule has 2 aromatic heterocycles. The van der Waals surface area contributed by atoms with Gasteiger partial charge in [-0.1, -0.05) is 12.1 Å². The van der Waals surface area contributed by atoms with Gasteiger partial charge in [0.25, 0.3) is 0 Å². The number of benzene rings is 1. The van der Waals surface area contributed by atoms with Crippen molar-refractivity contribution in [3.8, 4) is 5.75 Å². The fourth-order valence-corrected chi connectivity index (χ4v) is 2.70. The van der Waals surface area contributed by atoms with Crippen LogP contribution in [0.4, 0.5) is 0 Å². The Bertz CT molecular complexity index is 793. The SMILES string of the molecule is COc1ccc2nc(CN(CCO)Cc3cccnc3)ccc2c1. The fourth-order valence-electron chi connectivity index (χ4n) is 2.70. The summed E-state index contributed by atoms with van der Waals surface area (Å²) in [6.45, 7) is 2.12. The average Bonchev–Trinajstić information content (AvgIpc) is 2.62. The number of fused-ring (bicyclic) bond motifs is 1. The van der Waals surface area contributed by atoms with Crippen LogP contribution in [0.15, 0.2) is 54.9 Å². The number of aliphatic hydroxyl groups excluding tert-OH is 1. The summed E-state index contributed by atoms with van der Waals surface area (Å²) in [4.78, 5) is 11.0. The maximum atomic E-state index is 9.33. The van der Waals surface area contributed by atoms with Crippen molar-refractivity contribution in [2.75, 3.05) is 20.3 Å². The highest BCUT2D eigenvalue weighted by molar-refractivity contribution is 5.80. The minimum atomic E-state index is 0.116. The highest BCUT2D eigenvalue weighted by Crippen LogP contribution is 2.20. The van der Waals surface area contributed by atoms with Crippen LogP contribution in [0.3, 0.4) is 0 Å². The van der Waals surface area contributed by atoms with Gasteiger partial charge in [-0.25, -0.2) is 0 Å².